The third-order valence-corrected chi connectivity index (χ3v) is 3.11. The van der Waals surface area contributed by atoms with E-state index in [4.69, 9.17) is 9.47 Å². The number of nitrogens with one attached hydrogen (secondary N) is 1. The molecule has 120 valence electrons. The summed E-state index contributed by atoms with van der Waals surface area (Å²) < 4.78 is 11.2. The summed E-state index contributed by atoms with van der Waals surface area (Å²) in [5, 5.41) is 3.44. The van der Waals surface area contributed by atoms with E-state index in [-0.39, 0.29) is 0 Å². The quantitative estimate of drug-likeness (QED) is 0.590. The molecular formula is C18H31NO2. The van der Waals surface area contributed by atoms with Crippen LogP contribution in [0, 0.1) is 5.92 Å². The van der Waals surface area contributed by atoms with Gasteiger partial charge in [-0.3, -0.25) is 0 Å². The molecule has 0 saturated carbocycles. The van der Waals surface area contributed by atoms with Crippen LogP contribution < -0.4 is 10.1 Å². The molecular weight excluding hydrogens is 262 g/mol. The monoisotopic (exact) mass is 293 g/mol. The lowest BCUT2D eigenvalue weighted by atomic mass is 10.2. The molecule has 0 fully saturated rings. The first-order valence-electron chi connectivity index (χ1n) is 8.22. The van der Waals surface area contributed by atoms with Gasteiger partial charge in [0.1, 0.15) is 5.75 Å². The molecule has 1 aromatic carbocycles. The number of benzene rings is 1. The zero-order valence-electron chi connectivity index (χ0n) is 13.9. The topological polar surface area (TPSA) is 30.5 Å². The lowest BCUT2D eigenvalue weighted by molar-refractivity contribution is 0.108. The van der Waals surface area contributed by atoms with Crippen LogP contribution in [0.15, 0.2) is 24.3 Å². The molecule has 0 aliphatic heterocycles. The van der Waals surface area contributed by atoms with Gasteiger partial charge in [0.15, 0.2) is 0 Å². The third kappa shape index (κ3) is 9.48. The van der Waals surface area contributed by atoms with Gasteiger partial charge in [0.2, 0.25) is 0 Å². The van der Waals surface area contributed by atoms with Crippen molar-refractivity contribution in [1.82, 2.24) is 5.32 Å². The van der Waals surface area contributed by atoms with Gasteiger partial charge in [-0.1, -0.05) is 39.3 Å². The molecule has 0 radical (unpaired) electrons. The summed E-state index contributed by atoms with van der Waals surface area (Å²) in [6.45, 7) is 10.9. The van der Waals surface area contributed by atoms with Crippen LogP contribution in [0.3, 0.4) is 0 Å². The van der Waals surface area contributed by atoms with E-state index >= 15 is 0 Å². The zero-order valence-corrected chi connectivity index (χ0v) is 13.9. The lowest BCUT2D eigenvalue weighted by Gasteiger charge is -2.09. The van der Waals surface area contributed by atoms with Gasteiger partial charge in [-0.25, -0.2) is 0 Å². The normalized spacial score (nSPS) is 11.0. The molecule has 1 aromatic rings. The predicted octanol–water partition coefficient (Wildman–Crippen LogP) is 4.02. The summed E-state index contributed by atoms with van der Waals surface area (Å²) in [6.07, 6.45) is 3.34. The minimum Gasteiger partial charge on any atom is -0.494 e. The van der Waals surface area contributed by atoms with Crippen LogP contribution in [-0.4, -0.2) is 26.4 Å². The molecule has 0 aliphatic rings. The maximum absolute atomic E-state index is 5.65. The molecule has 0 amide bonds. The Morgan fingerprint density at radius 1 is 1.05 bits per heavy atom. The fraction of sp³-hybridized carbons (Fsp3) is 0.667. The number of unbranched alkanes of at least 4 members (excludes halogenated alkanes) is 1. The molecule has 0 saturated heterocycles. The van der Waals surface area contributed by atoms with Gasteiger partial charge in [0, 0.05) is 19.8 Å². The van der Waals surface area contributed by atoms with Crippen LogP contribution in [0.25, 0.3) is 0 Å². The molecule has 0 atom stereocenters. The van der Waals surface area contributed by atoms with Crippen molar-refractivity contribution >= 4 is 0 Å². The first kappa shape index (κ1) is 18.0. The highest BCUT2D eigenvalue weighted by Crippen LogP contribution is 2.12. The fourth-order valence-electron chi connectivity index (χ4n) is 1.89. The van der Waals surface area contributed by atoms with Gasteiger partial charge in [0.25, 0.3) is 0 Å². The largest absolute Gasteiger partial charge is 0.494 e. The smallest absolute Gasteiger partial charge is 0.119 e. The summed E-state index contributed by atoms with van der Waals surface area (Å²) in [4.78, 5) is 0. The summed E-state index contributed by atoms with van der Waals surface area (Å²) in [6, 6.07) is 8.37. The molecule has 0 unspecified atom stereocenters. The molecule has 0 bridgehead atoms. The second kappa shape index (κ2) is 11.6. The van der Waals surface area contributed by atoms with Crippen LogP contribution in [0.5, 0.6) is 5.75 Å². The van der Waals surface area contributed by atoms with Gasteiger partial charge in [-0.15, -0.1) is 0 Å². The highest BCUT2D eigenvalue weighted by Gasteiger charge is 1.97. The van der Waals surface area contributed by atoms with Crippen molar-refractivity contribution in [2.24, 2.45) is 5.92 Å². The van der Waals surface area contributed by atoms with Crippen molar-refractivity contribution < 1.29 is 9.47 Å². The van der Waals surface area contributed by atoms with E-state index < -0.39 is 0 Å². The Bertz CT molecular complexity index is 349. The third-order valence-electron chi connectivity index (χ3n) is 3.11. The van der Waals surface area contributed by atoms with Crippen LogP contribution in [0.2, 0.25) is 0 Å². The SMILES string of the molecule is CCCCOc1ccc(CNCCCOCC(C)C)cc1. The molecule has 0 heterocycles. The maximum Gasteiger partial charge on any atom is 0.119 e. The zero-order chi connectivity index (χ0) is 15.3. The maximum atomic E-state index is 5.65. The van der Waals surface area contributed by atoms with Crippen LogP contribution in [0.4, 0.5) is 0 Å². The molecule has 0 spiro atoms. The van der Waals surface area contributed by atoms with Gasteiger partial charge in [-0.05, 0) is 43.0 Å². The van der Waals surface area contributed by atoms with Crippen molar-refractivity contribution in [3.63, 3.8) is 0 Å². The molecule has 3 heteroatoms. The van der Waals surface area contributed by atoms with Crippen LogP contribution >= 0.6 is 0 Å². The minimum atomic E-state index is 0.621. The Kier molecular flexibility index (Phi) is 9.92. The molecule has 0 aromatic heterocycles. The van der Waals surface area contributed by atoms with Gasteiger partial charge in [-0.2, -0.15) is 0 Å². The number of ether oxygens (including phenoxy) is 2. The standard InChI is InChI=1S/C18H31NO2/c1-4-5-13-21-18-9-7-17(8-10-18)14-19-11-6-12-20-15-16(2)3/h7-10,16,19H,4-6,11-15H2,1-3H3. The Morgan fingerprint density at radius 3 is 2.48 bits per heavy atom. The van der Waals surface area contributed by atoms with E-state index in [1.165, 1.54) is 12.0 Å². The number of hydrogen-bond donors (Lipinski definition) is 1. The molecule has 1 N–H and O–H groups in total. The summed E-state index contributed by atoms with van der Waals surface area (Å²) in [5.41, 5.74) is 1.29. The second-order valence-corrected chi connectivity index (χ2v) is 5.85. The van der Waals surface area contributed by atoms with E-state index in [2.05, 4.69) is 50.4 Å². The van der Waals surface area contributed by atoms with E-state index in [1.807, 2.05) is 0 Å². The number of hydrogen-bond acceptors (Lipinski definition) is 3. The van der Waals surface area contributed by atoms with E-state index in [9.17, 15) is 0 Å². The first-order chi connectivity index (χ1) is 10.2. The van der Waals surface area contributed by atoms with Crippen LogP contribution in [-0.2, 0) is 11.3 Å². The molecule has 1 rings (SSSR count). The van der Waals surface area contributed by atoms with Crippen molar-refractivity contribution in [2.45, 2.75) is 46.6 Å². The van der Waals surface area contributed by atoms with E-state index in [0.29, 0.717) is 5.92 Å². The Balaban J connectivity index is 2.07. The highest BCUT2D eigenvalue weighted by atomic mass is 16.5. The van der Waals surface area contributed by atoms with E-state index in [0.717, 1.165) is 51.5 Å². The van der Waals surface area contributed by atoms with E-state index in [1.54, 1.807) is 0 Å². The summed E-state index contributed by atoms with van der Waals surface area (Å²) >= 11 is 0. The summed E-state index contributed by atoms with van der Waals surface area (Å²) in [7, 11) is 0. The van der Waals surface area contributed by atoms with Crippen molar-refractivity contribution in [2.75, 3.05) is 26.4 Å². The Morgan fingerprint density at radius 2 is 1.81 bits per heavy atom. The average molecular weight is 293 g/mol. The van der Waals surface area contributed by atoms with Crippen molar-refractivity contribution in [3.8, 4) is 5.75 Å². The average Bonchev–Trinajstić information content (AvgIpc) is 2.48. The van der Waals surface area contributed by atoms with Gasteiger partial charge in [0.05, 0.1) is 6.61 Å². The Labute approximate surface area is 130 Å². The number of rotatable bonds is 12. The summed E-state index contributed by atoms with van der Waals surface area (Å²) in [5.74, 6) is 1.59. The minimum absolute atomic E-state index is 0.621. The molecule has 0 aliphatic carbocycles. The van der Waals surface area contributed by atoms with Gasteiger partial charge >= 0.3 is 0 Å². The lowest BCUT2D eigenvalue weighted by Crippen LogP contribution is -2.16. The molecule has 3 nitrogen and oxygen atoms in total. The fourth-order valence-corrected chi connectivity index (χ4v) is 1.89. The molecule has 21 heavy (non-hydrogen) atoms. The Hall–Kier alpha value is -1.06. The first-order valence-corrected chi connectivity index (χ1v) is 8.22. The highest BCUT2D eigenvalue weighted by molar-refractivity contribution is 5.27. The van der Waals surface area contributed by atoms with Crippen molar-refractivity contribution in [1.29, 1.82) is 0 Å². The van der Waals surface area contributed by atoms with Crippen LogP contribution in [0.1, 0.15) is 45.6 Å². The van der Waals surface area contributed by atoms with Crippen molar-refractivity contribution in [3.05, 3.63) is 29.8 Å². The van der Waals surface area contributed by atoms with Gasteiger partial charge < -0.3 is 14.8 Å². The second-order valence-electron chi connectivity index (χ2n) is 5.85. The predicted molar refractivity (Wildman–Crippen MR) is 88.8 cm³/mol.